The Kier molecular flexibility index (Phi) is 5.84. The van der Waals surface area contributed by atoms with Crippen LogP contribution in [-0.2, 0) is 0 Å². The first kappa shape index (κ1) is 19.5. The van der Waals surface area contributed by atoms with Gasteiger partial charge in [-0.2, -0.15) is 0 Å². The normalized spacial score (nSPS) is 16.6. The summed E-state index contributed by atoms with van der Waals surface area (Å²) in [7, 11) is 0. The molecule has 0 aliphatic carbocycles. The molecule has 1 aromatic heterocycles. The fourth-order valence-corrected chi connectivity index (χ4v) is 4.27. The molecule has 2 aliphatic heterocycles. The quantitative estimate of drug-likeness (QED) is 0.570. The van der Waals surface area contributed by atoms with Crippen LogP contribution in [0, 0.1) is 5.82 Å². The van der Waals surface area contributed by atoms with E-state index >= 15 is 0 Å². The summed E-state index contributed by atoms with van der Waals surface area (Å²) in [4.78, 5) is 18.1. The van der Waals surface area contributed by atoms with Gasteiger partial charge in [0.05, 0.1) is 6.20 Å². The average molecular weight is 505 g/mol. The molecule has 2 aliphatic rings. The molecule has 0 bridgehead atoms. The molecule has 0 atom stereocenters. The topological polar surface area (TPSA) is 82.0 Å². The molecule has 3 heterocycles. The molecule has 0 unspecified atom stereocenters. The molecule has 2 aromatic rings. The Morgan fingerprint density at radius 2 is 2.10 bits per heavy atom. The van der Waals surface area contributed by atoms with E-state index in [4.69, 9.17) is 0 Å². The third-order valence-corrected chi connectivity index (χ3v) is 6.08. The van der Waals surface area contributed by atoms with Crippen LogP contribution in [0.15, 0.2) is 56.6 Å². The molecule has 4 rings (SSSR count). The van der Waals surface area contributed by atoms with Gasteiger partial charge in [-0.15, -0.1) is 0 Å². The number of guanidine groups is 1. The number of carbonyl (C=O) groups excluding carboxylic acids is 1. The van der Waals surface area contributed by atoms with Gasteiger partial charge in [0.1, 0.15) is 0 Å². The fourth-order valence-electron chi connectivity index (χ4n) is 3.20. The fraction of sp³-hybridized carbons (Fsp3) is 0.200. The van der Waals surface area contributed by atoms with Crippen LogP contribution in [0.1, 0.15) is 29.3 Å². The number of hydrogen-bond acceptors (Lipinski definition) is 6. The van der Waals surface area contributed by atoms with Crippen molar-refractivity contribution in [1.29, 1.82) is 0 Å². The van der Waals surface area contributed by atoms with Crippen LogP contribution in [0.5, 0.6) is 0 Å². The van der Waals surface area contributed by atoms with Crippen molar-refractivity contribution in [3.8, 4) is 0 Å². The van der Waals surface area contributed by atoms with Gasteiger partial charge >= 0.3 is 145 Å². The van der Waals surface area contributed by atoms with Crippen molar-refractivity contribution in [1.82, 2.24) is 15.3 Å². The van der Waals surface area contributed by atoms with Crippen molar-refractivity contribution >= 4 is 27.3 Å². The van der Waals surface area contributed by atoms with E-state index in [1.54, 1.807) is 0 Å². The van der Waals surface area contributed by atoms with Crippen molar-refractivity contribution in [2.75, 3.05) is 18.4 Å². The Balaban J connectivity index is 1.47. The SMILES string of the molecule is CC1=C(c2ccc(NC(=O)c3ccncc3F)cc2)CN(C2=N[I-]C=NN2)CC1. The number of carbonyl (C=O) groups is 1. The van der Waals surface area contributed by atoms with Gasteiger partial charge in [0.15, 0.2) is 5.82 Å². The minimum absolute atomic E-state index is 0.0308. The van der Waals surface area contributed by atoms with Gasteiger partial charge in [-0.05, 0) is 6.07 Å². The summed E-state index contributed by atoms with van der Waals surface area (Å²) in [6.45, 7) is 3.81. The van der Waals surface area contributed by atoms with E-state index < -0.39 is 11.7 Å². The van der Waals surface area contributed by atoms with E-state index in [0.717, 1.165) is 37.2 Å². The minimum atomic E-state index is -0.643. The zero-order valence-corrected chi connectivity index (χ0v) is 17.9. The van der Waals surface area contributed by atoms with Crippen LogP contribution >= 0.6 is 0 Å². The number of hydrazone groups is 1. The maximum atomic E-state index is 13.7. The second kappa shape index (κ2) is 8.68. The molecule has 9 heteroatoms. The summed E-state index contributed by atoms with van der Waals surface area (Å²) in [6.07, 6.45) is 3.38. The summed E-state index contributed by atoms with van der Waals surface area (Å²) in [6, 6.07) is 8.97. The van der Waals surface area contributed by atoms with E-state index in [9.17, 15) is 9.18 Å². The van der Waals surface area contributed by atoms with E-state index in [2.05, 4.69) is 35.9 Å². The number of rotatable bonds is 3. The molecule has 0 saturated heterocycles. The number of amides is 1. The zero-order chi connectivity index (χ0) is 20.2. The van der Waals surface area contributed by atoms with Crippen molar-refractivity contribution < 1.29 is 30.7 Å². The molecule has 0 radical (unpaired) electrons. The molecule has 1 amide bonds. The average Bonchev–Trinajstić information content (AvgIpc) is 2.76. The second-order valence-corrected chi connectivity index (χ2v) is 8.26. The third-order valence-electron chi connectivity index (χ3n) is 4.81. The van der Waals surface area contributed by atoms with Gasteiger partial charge in [0, 0.05) is 6.20 Å². The Bertz CT molecular complexity index is 1020. The Morgan fingerprint density at radius 1 is 1.28 bits per heavy atom. The van der Waals surface area contributed by atoms with Crippen LogP contribution in [0.2, 0.25) is 0 Å². The van der Waals surface area contributed by atoms with E-state index in [1.807, 2.05) is 28.5 Å². The number of halogens is 2. The first-order valence-corrected chi connectivity index (χ1v) is 11.3. The van der Waals surface area contributed by atoms with Gasteiger partial charge in [-0.3, -0.25) is 4.98 Å². The first-order valence-electron chi connectivity index (χ1n) is 9.05. The molecular formula is C20H19FIN6O-. The molecule has 0 saturated carbocycles. The van der Waals surface area contributed by atoms with Crippen LogP contribution < -0.4 is 32.2 Å². The summed E-state index contributed by atoms with van der Waals surface area (Å²) in [5, 5.41) is 6.86. The van der Waals surface area contributed by atoms with E-state index in [0.29, 0.717) is 5.69 Å². The Labute approximate surface area is 178 Å². The van der Waals surface area contributed by atoms with Gasteiger partial charge < -0.3 is 0 Å². The van der Waals surface area contributed by atoms with Gasteiger partial charge in [0.2, 0.25) is 0 Å². The second-order valence-electron chi connectivity index (χ2n) is 6.66. The van der Waals surface area contributed by atoms with Crippen molar-refractivity contribution in [2.24, 2.45) is 8.31 Å². The molecular weight excluding hydrogens is 486 g/mol. The Hall–Kier alpha value is -2.82. The third kappa shape index (κ3) is 4.44. The summed E-state index contributed by atoms with van der Waals surface area (Å²) < 4.78 is 20.1. The van der Waals surface area contributed by atoms with Crippen molar-refractivity contribution in [2.45, 2.75) is 13.3 Å². The molecule has 150 valence electrons. The predicted octanol–water partition coefficient (Wildman–Crippen LogP) is -0.141. The number of hydrogen-bond donors (Lipinski definition) is 2. The number of nitrogens with one attached hydrogen (secondary N) is 2. The number of anilines is 1. The van der Waals surface area contributed by atoms with Gasteiger partial charge in [-0.25, -0.2) is 4.39 Å². The van der Waals surface area contributed by atoms with Crippen molar-refractivity contribution in [3.63, 3.8) is 0 Å². The molecule has 0 fully saturated rings. The summed E-state index contributed by atoms with van der Waals surface area (Å²) in [5.41, 5.74) is 7.25. The van der Waals surface area contributed by atoms with Gasteiger partial charge in [0.25, 0.3) is 0 Å². The van der Waals surface area contributed by atoms with Crippen molar-refractivity contribution in [3.05, 3.63) is 65.2 Å². The monoisotopic (exact) mass is 505 g/mol. The zero-order valence-electron chi connectivity index (χ0n) is 15.7. The summed E-state index contributed by atoms with van der Waals surface area (Å²) in [5.74, 6) is -0.300. The maximum absolute atomic E-state index is 13.7. The standard InChI is InChI=1S/C20H19FIN6O/c1-13-7-9-28(20-26-22-12-24-27-20)11-17(13)14-2-4-15(5-3-14)25-19(29)16-6-8-23-10-18(16)21/h2-6,8,10,12H,7,9,11H2,1H3,(H,25,29)(H,26,27)/q-1. The first-order chi connectivity index (χ1) is 14.1. The van der Waals surface area contributed by atoms with Crippen LogP contribution in [0.4, 0.5) is 10.1 Å². The number of benzene rings is 1. The number of nitrogens with zero attached hydrogens (tertiary/aromatic N) is 4. The number of aromatic nitrogens is 1. The van der Waals surface area contributed by atoms with Crippen LogP contribution in [-0.4, -0.2) is 39.1 Å². The summed E-state index contributed by atoms with van der Waals surface area (Å²) >= 11 is -0.364. The predicted molar refractivity (Wildman–Crippen MR) is 106 cm³/mol. The van der Waals surface area contributed by atoms with E-state index in [1.165, 1.54) is 23.4 Å². The molecule has 2 N–H and O–H groups in total. The Morgan fingerprint density at radius 3 is 2.83 bits per heavy atom. The molecule has 29 heavy (non-hydrogen) atoms. The molecule has 7 nitrogen and oxygen atoms in total. The van der Waals surface area contributed by atoms with Gasteiger partial charge in [-0.1, -0.05) is 0 Å². The van der Waals surface area contributed by atoms with Crippen LogP contribution in [0.25, 0.3) is 5.57 Å². The van der Waals surface area contributed by atoms with Crippen LogP contribution in [0.3, 0.4) is 0 Å². The molecule has 1 aromatic carbocycles. The molecule has 0 spiro atoms. The van der Waals surface area contributed by atoms with E-state index in [-0.39, 0.29) is 27.0 Å². The number of pyridine rings is 1.